The van der Waals surface area contributed by atoms with E-state index in [2.05, 4.69) is 26.4 Å². The second-order valence-electron chi connectivity index (χ2n) is 5.77. The predicted molar refractivity (Wildman–Crippen MR) is 104 cm³/mol. The average molecular weight is 372 g/mol. The number of ether oxygens (including phenoxy) is 1. The molecule has 0 saturated carbocycles. The lowest BCUT2D eigenvalue weighted by molar-refractivity contribution is 0.0600. The Balaban J connectivity index is 1.73. The van der Waals surface area contributed by atoms with Crippen LogP contribution in [0.2, 0.25) is 0 Å². The first-order valence-corrected chi connectivity index (χ1v) is 8.32. The van der Waals surface area contributed by atoms with E-state index in [4.69, 9.17) is 5.26 Å². The molecule has 2 aromatic carbocycles. The van der Waals surface area contributed by atoms with Crippen molar-refractivity contribution in [3.8, 4) is 6.07 Å². The quantitative estimate of drug-likeness (QED) is 0.661. The summed E-state index contributed by atoms with van der Waals surface area (Å²) < 4.78 is 4.68. The summed E-state index contributed by atoms with van der Waals surface area (Å²) in [7, 11) is 1.30. The standard InChI is InChI=1S/C21H16N4O3/c1-28-21(27)15-3-2-4-17(11-15)25-20(26)19-12-18(9-10-23-19)24-16-7-5-14(13-22)6-8-16/h2-12H,1H3,(H,23,24)(H,25,26). The van der Waals surface area contributed by atoms with E-state index in [-0.39, 0.29) is 5.69 Å². The first kappa shape index (κ1) is 18.6. The minimum Gasteiger partial charge on any atom is -0.465 e. The highest BCUT2D eigenvalue weighted by atomic mass is 16.5. The summed E-state index contributed by atoms with van der Waals surface area (Å²) in [5, 5.41) is 14.7. The molecule has 1 aromatic heterocycles. The fourth-order valence-corrected chi connectivity index (χ4v) is 2.46. The van der Waals surface area contributed by atoms with Gasteiger partial charge < -0.3 is 15.4 Å². The largest absolute Gasteiger partial charge is 0.465 e. The van der Waals surface area contributed by atoms with Gasteiger partial charge in [0.1, 0.15) is 5.69 Å². The molecule has 7 heteroatoms. The van der Waals surface area contributed by atoms with E-state index in [9.17, 15) is 9.59 Å². The second-order valence-corrected chi connectivity index (χ2v) is 5.77. The molecule has 2 N–H and O–H groups in total. The molecule has 138 valence electrons. The van der Waals surface area contributed by atoms with Gasteiger partial charge in [0.05, 0.1) is 24.3 Å². The van der Waals surface area contributed by atoms with E-state index in [1.54, 1.807) is 54.6 Å². The van der Waals surface area contributed by atoms with Crippen molar-refractivity contribution in [2.24, 2.45) is 0 Å². The van der Waals surface area contributed by atoms with Crippen molar-refractivity contribution in [2.45, 2.75) is 0 Å². The Labute approximate surface area is 161 Å². The van der Waals surface area contributed by atoms with Crippen LogP contribution >= 0.6 is 0 Å². The third-order valence-corrected chi connectivity index (χ3v) is 3.84. The molecule has 28 heavy (non-hydrogen) atoms. The summed E-state index contributed by atoms with van der Waals surface area (Å²) in [4.78, 5) is 28.2. The van der Waals surface area contributed by atoms with Crippen LogP contribution in [0.25, 0.3) is 0 Å². The van der Waals surface area contributed by atoms with Gasteiger partial charge in [-0.25, -0.2) is 4.79 Å². The molecule has 0 fully saturated rings. The number of nitrogens with one attached hydrogen (secondary N) is 2. The lowest BCUT2D eigenvalue weighted by Crippen LogP contribution is -2.14. The molecule has 0 bridgehead atoms. The third-order valence-electron chi connectivity index (χ3n) is 3.84. The molecule has 0 unspecified atom stereocenters. The number of carbonyl (C=O) groups is 2. The van der Waals surface area contributed by atoms with Gasteiger partial charge in [-0.15, -0.1) is 0 Å². The summed E-state index contributed by atoms with van der Waals surface area (Å²) in [6.07, 6.45) is 1.52. The van der Waals surface area contributed by atoms with E-state index in [0.29, 0.717) is 22.5 Å². The zero-order chi connectivity index (χ0) is 19.9. The van der Waals surface area contributed by atoms with Crippen LogP contribution in [-0.4, -0.2) is 24.0 Å². The van der Waals surface area contributed by atoms with Crippen LogP contribution in [0.15, 0.2) is 66.9 Å². The number of esters is 1. The lowest BCUT2D eigenvalue weighted by atomic mass is 10.2. The van der Waals surface area contributed by atoms with Gasteiger partial charge in [0.15, 0.2) is 0 Å². The highest BCUT2D eigenvalue weighted by molar-refractivity contribution is 6.04. The zero-order valence-corrected chi connectivity index (χ0v) is 15.0. The number of nitrogens with zero attached hydrogens (tertiary/aromatic N) is 2. The van der Waals surface area contributed by atoms with Crippen LogP contribution < -0.4 is 10.6 Å². The molecule has 0 radical (unpaired) electrons. The molecule has 1 heterocycles. The number of benzene rings is 2. The number of amides is 1. The van der Waals surface area contributed by atoms with Crippen LogP contribution in [0.3, 0.4) is 0 Å². The first-order valence-electron chi connectivity index (χ1n) is 8.32. The molecule has 0 spiro atoms. The Morgan fingerprint density at radius 3 is 2.50 bits per heavy atom. The fraction of sp³-hybridized carbons (Fsp3) is 0.0476. The summed E-state index contributed by atoms with van der Waals surface area (Å²) in [5.74, 6) is -0.895. The van der Waals surface area contributed by atoms with Crippen molar-refractivity contribution >= 4 is 28.9 Å². The number of methoxy groups -OCH3 is 1. The summed E-state index contributed by atoms with van der Waals surface area (Å²) in [5.41, 5.74) is 3.02. The van der Waals surface area contributed by atoms with Crippen molar-refractivity contribution in [1.29, 1.82) is 5.26 Å². The number of carbonyl (C=O) groups excluding carboxylic acids is 2. The Morgan fingerprint density at radius 2 is 1.79 bits per heavy atom. The fourth-order valence-electron chi connectivity index (χ4n) is 2.46. The Hall–Kier alpha value is -4.18. The maximum absolute atomic E-state index is 12.5. The van der Waals surface area contributed by atoms with Crippen LogP contribution in [0.4, 0.5) is 17.1 Å². The van der Waals surface area contributed by atoms with Crippen molar-refractivity contribution < 1.29 is 14.3 Å². The molecular weight excluding hydrogens is 356 g/mol. The van der Waals surface area contributed by atoms with Gasteiger partial charge in [-0.2, -0.15) is 5.26 Å². The molecule has 7 nitrogen and oxygen atoms in total. The maximum atomic E-state index is 12.5. The average Bonchev–Trinajstić information content (AvgIpc) is 2.74. The number of nitriles is 1. The summed E-state index contributed by atoms with van der Waals surface area (Å²) >= 11 is 0. The minimum absolute atomic E-state index is 0.210. The molecule has 0 saturated heterocycles. The molecule has 3 rings (SSSR count). The topological polar surface area (TPSA) is 104 Å². The summed E-state index contributed by atoms with van der Waals surface area (Å²) in [6, 6.07) is 18.8. The molecule has 3 aromatic rings. The highest BCUT2D eigenvalue weighted by Gasteiger charge is 2.11. The van der Waals surface area contributed by atoms with Gasteiger partial charge >= 0.3 is 5.97 Å². The van der Waals surface area contributed by atoms with Gasteiger partial charge in [-0.1, -0.05) is 6.07 Å². The molecule has 0 atom stereocenters. The first-order chi connectivity index (χ1) is 13.6. The minimum atomic E-state index is -0.483. The number of aromatic nitrogens is 1. The van der Waals surface area contributed by atoms with Crippen molar-refractivity contribution in [3.05, 3.63) is 83.7 Å². The van der Waals surface area contributed by atoms with Crippen molar-refractivity contribution in [2.75, 3.05) is 17.7 Å². The van der Waals surface area contributed by atoms with Crippen LogP contribution in [-0.2, 0) is 4.74 Å². The number of hydrogen-bond donors (Lipinski definition) is 2. The van der Waals surface area contributed by atoms with E-state index >= 15 is 0 Å². The van der Waals surface area contributed by atoms with Gasteiger partial charge in [0.2, 0.25) is 0 Å². The van der Waals surface area contributed by atoms with Crippen LogP contribution in [0, 0.1) is 11.3 Å². The predicted octanol–water partition coefficient (Wildman–Crippen LogP) is 3.74. The molecular formula is C21H16N4O3. The Bertz CT molecular complexity index is 1060. The Kier molecular flexibility index (Phi) is 5.63. The summed E-state index contributed by atoms with van der Waals surface area (Å²) in [6.45, 7) is 0. The second kappa shape index (κ2) is 8.47. The van der Waals surface area contributed by atoms with E-state index < -0.39 is 11.9 Å². The van der Waals surface area contributed by atoms with Crippen molar-refractivity contribution in [3.63, 3.8) is 0 Å². The monoisotopic (exact) mass is 372 g/mol. The molecule has 0 aliphatic carbocycles. The molecule has 1 amide bonds. The smallest absolute Gasteiger partial charge is 0.337 e. The van der Waals surface area contributed by atoms with Gasteiger partial charge in [0.25, 0.3) is 5.91 Å². The van der Waals surface area contributed by atoms with Crippen molar-refractivity contribution in [1.82, 2.24) is 4.98 Å². The van der Waals surface area contributed by atoms with Crippen LogP contribution in [0.5, 0.6) is 0 Å². The lowest BCUT2D eigenvalue weighted by Gasteiger charge is -2.09. The van der Waals surface area contributed by atoms with E-state index in [1.165, 1.54) is 19.4 Å². The van der Waals surface area contributed by atoms with Crippen LogP contribution in [0.1, 0.15) is 26.4 Å². The molecule has 0 aliphatic rings. The Morgan fingerprint density at radius 1 is 1.00 bits per heavy atom. The number of rotatable bonds is 5. The maximum Gasteiger partial charge on any atom is 0.337 e. The highest BCUT2D eigenvalue weighted by Crippen LogP contribution is 2.18. The normalized spacial score (nSPS) is 9.86. The van der Waals surface area contributed by atoms with E-state index in [0.717, 1.165) is 5.69 Å². The number of pyridine rings is 1. The van der Waals surface area contributed by atoms with Gasteiger partial charge in [-0.05, 0) is 54.6 Å². The van der Waals surface area contributed by atoms with E-state index in [1.807, 2.05) is 0 Å². The zero-order valence-electron chi connectivity index (χ0n) is 15.0. The number of hydrogen-bond acceptors (Lipinski definition) is 6. The van der Waals surface area contributed by atoms with Gasteiger partial charge in [0, 0.05) is 23.3 Å². The third kappa shape index (κ3) is 4.51. The SMILES string of the molecule is COC(=O)c1cccc(NC(=O)c2cc(Nc3ccc(C#N)cc3)ccn2)c1. The molecule has 0 aliphatic heterocycles. The number of anilines is 3. The van der Waals surface area contributed by atoms with Gasteiger partial charge in [-0.3, -0.25) is 9.78 Å².